The molecule has 0 aliphatic carbocycles. The summed E-state index contributed by atoms with van der Waals surface area (Å²) in [5.74, 6) is -0.447. The summed E-state index contributed by atoms with van der Waals surface area (Å²) in [6, 6.07) is 5.94. The highest BCUT2D eigenvalue weighted by atomic mass is 19.4. The Bertz CT molecular complexity index is 775. The third-order valence-corrected chi connectivity index (χ3v) is 4.21. The van der Waals surface area contributed by atoms with Crippen molar-refractivity contribution in [1.82, 2.24) is 15.1 Å². The van der Waals surface area contributed by atoms with Gasteiger partial charge in [-0.2, -0.15) is 18.3 Å². The molecule has 1 fully saturated rings. The van der Waals surface area contributed by atoms with Gasteiger partial charge in [0.2, 0.25) is 5.91 Å². The number of hydrogen-bond donors (Lipinski definition) is 2. The third-order valence-electron chi connectivity index (χ3n) is 4.21. The molecule has 1 aromatic carbocycles. The maximum atomic E-state index is 12.6. The van der Waals surface area contributed by atoms with Gasteiger partial charge in [0.05, 0.1) is 12.1 Å². The third kappa shape index (κ3) is 4.54. The van der Waals surface area contributed by atoms with Crippen LogP contribution in [0.2, 0.25) is 0 Å². The Morgan fingerprint density at radius 3 is 2.92 bits per heavy atom. The number of halogens is 3. The quantitative estimate of drug-likeness (QED) is 0.850. The number of aromatic nitrogens is 2. The number of carbonyl (C=O) groups is 1. The van der Waals surface area contributed by atoms with Crippen molar-refractivity contribution in [3.8, 4) is 5.75 Å². The van der Waals surface area contributed by atoms with Crippen LogP contribution in [0.25, 0.3) is 0 Å². The number of rotatable bonds is 5. The van der Waals surface area contributed by atoms with Crippen molar-refractivity contribution in [2.45, 2.75) is 12.1 Å². The molecular formula is C17H19F3N4O2. The average Bonchev–Trinajstić information content (AvgIpc) is 3.21. The first kappa shape index (κ1) is 18.2. The summed E-state index contributed by atoms with van der Waals surface area (Å²) in [5, 5.41) is 10.1. The second-order valence-corrected chi connectivity index (χ2v) is 6.24. The van der Waals surface area contributed by atoms with Gasteiger partial charge in [0.15, 0.2) is 6.61 Å². The molecule has 0 radical (unpaired) electrons. The molecule has 140 valence electrons. The Morgan fingerprint density at radius 1 is 1.42 bits per heavy atom. The molecule has 3 rings (SSSR count). The summed E-state index contributed by atoms with van der Waals surface area (Å²) in [7, 11) is 1.81. The van der Waals surface area contributed by atoms with Crippen molar-refractivity contribution in [3.63, 3.8) is 0 Å². The summed E-state index contributed by atoms with van der Waals surface area (Å²) in [6.45, 7) is -0.186. The van der Waals surface area contributed by atoms with E-state index in [0.717, 1.165) is 5.56 Å². The Kier molecular flexibility index (Phi) is 5.17. The Balaban J connectivity index is 1.65. The molecule has 2 aromatic rings. The molecule has 1 aromatic heterocycles. The zero-order chi connectivity index (χ0) is 18.7. The fourth-order valence-electron chi connectivity index (χ4n) is 3.00. The summed E-state index contributed by atoms with van der Waals surface area (Å²) in [5.41, 5.74) is 1.37. The Morgan fingerprint density at radius 2 is 2.23 bits per heavy atom. The van der Waals surface area contributed by atoms with Crippen molar-refractivity contribution in [2.24, 2.45) is 13.0 Å². The minimum Gasteiger partial charge on any atom is -0.484 e. The number of nitrogens with zero attached hydrogens (tertiary/aromatic N) is 2. The monoisotopic (exact) mass is 368 g/mol. The summed E-state index contributed by atoms with van der Waals surface area (Å²) < 4.78 is 43.2. The van der Waals surface area contributed by atoms with E-state index in [1.807, 2.05) is 13.2 Å². The van der Waals surface area contributed by atoms with Gasteiger partial charge in [-0.25, -0.2) is 0 Å². The van der Waals surface area contributed by atoms with Crippen LogP contribution in [0, 0.1) is 5.92 Å². The van der Waals surface area contributed by atoms with Crippen LogP contribution in [0.5, 0.6) is 5.75 Å². The Labute approximate surface area is 148 Å². The summed E-state index contributed by atoms with van der Waals surface area (Å²) in [6.07, 6.45) is -0.793. The highest BCUT2D eigenvalue weighted by Gasteiger charge is 2.34. The molecule has 0 saturated carbocycles. The van der Waals surface area contributed by atoms with Gasteiger partial charge in [0.25, 0.3) is 0 Å². The van der Waals surface area contributed by atoms with Gasteiger partial charge in [-0.15, -0.1) is 0 Å². The number of alkyl halides is 3. The van der Waals surface area contributed by atoms with Crippen molar-refractivity contribution in [2.75, 3.05) is 25.0 Å². The number of ether oxygens (including phenoxy) is 1. The minimum atomic E-state index is -4.41. The second-order valence-electron chi connectivity index (χ2n) is 6.24. The van der Waals surface area contributed by atoms with Crippen LogP contribution in [0.15, 0.2) is 36.7 Å². The molecule has 0 bridgehead atoms. The Hall–Kier alpha value is -2.55. The van der Waals surface area contributed by atoms with Gasteiger partial charge in [-0.1, -0.05) is 6.07 Å². The molecule has 6 nitrogen and oxygen atoms in total. The van der Waals surface area contributed by atoms with Gasteiger partial charge < -0.3 is 15.4 Å². The minimum absolute atomic E-state index is 0.00615. The van der Waals surface area contributed by atoms with Crippen LogP contribution in [0.4, 0.5) is 18.9 Å². The first-order valence-corrected chi connectivity index (χ1v) is 8.11. The number of nitrogens with one attached hydrogen (secondary N) is 2. The largest absolute Gasteiger partial charge is 0.484 e. The summed E-state index contributed by atoms with van der Waals surface area (Å²) >= 11 is 0. The van der Waals surface area contributed by atoms with Crippen molar-refractivity contribution < 1.29 is 22.7 Å². The predicted octanol–water partition coefficient (Wildman–Crippen LogP) is 2.30. The fraction of sp³-hybridized carbons (Fsp3) is 0.412. The number of anilines is 1. The normalized spacial score (nSPS) is 20.2. The van der Waals surface area contributed by atoms with Gasteiger partial charge in [-0.05, 0) is 17.7 Å². The molecule has 1 aliphatic heterocycles. The lowest BCUT2D eigenvalue weighted by Gasteiger charge is -2.17. The van der Waals surface area contributed by atoms with E-state index in [4.69, 9.17) is 4.74 Å². The molecule has 2 atom stereocenters. The number of hydrogen-bond acceptors (Lipinski definition) is 4. The maximum Gasteiger partial charge on any atom is 0.422 e. The first-order chi connectivity index (χ1) is 12.3. The zero-order valence-corrected chi connectivity index (χ0v) is 14.1. The van der Waals surface area contributed by atoms with E-state index in [-0.39, 0.29) is 23.5 Å². The average molecular weight is 368 g/mol. The second kappa shape index (κ2) is 7.36. The van der Waals surface area contributed by atoms with E-state index in [1.54, 1.807) is 16.9 Å². The molecule has 2 N–H and O–H groups in total. The van der Waals surface area contributed by atoms with E-state index >= 15 is 0 Å². The smallest absolute Gasteiger partial charge is 0.422 e. The molecule has 9 heteroatoms. The van der Waals surface area contributed by atoms with E-state index < -0.39 is 12.8 Å². The van der Waals surface area contributed by atoms with Crippen LogP contribution >= 0.6 is 0 Å². The molecule has 2 heterocycles. The standard InChI is InChI=1S/C17H19F3N4O2/c1-24-9-11(6-22-24)14-7-21-8-15(14)16(25)23-12-3-2-4-13(5-12)26-10-17(18,19)20/h2-6,9,14-15,21H,7-8,10H2,1H3,(H,23,25)/t14-,15+/m1/s1. The number of benzene rings is 1. The SMILES string of the molecule is Cn1cc([C@H]2CNC[C@@H]2C(=O)Nc2cccc(OCC(F)(F)F)c2)cn1. The van der Waals surface area contributed by atoms with E-state index in [1.165, 1.54) is 18.2 Å². The van der Waals surface area contributed by atoms with E-state index in [0.29, 0.717) is 18.8 Å². The lowest BCUT2D eigenvalue weighted by molar-refractivity contribution is -0.153. The lowest BCUT2D eigenvalue weighted by atomic mass is 9.90. The number of carbonyl (C=O) groups excluding carboxylic acids is 1. The van der Waals surface area contributed by atoms with Crippen LogP contribution in [0.3, 0.4) is 0 Å². The highest BCUT2D eigenvalue weighted by Crippen LogP contribution is 2.29. The topological polar surface area (TPSA) is 68.2 Å². The van der Waals surface area contributed by atoms with Crippen LogP contribution < -0.4 is 15.4 Å². The summed E-state index contributed by atoms with van der Waals surface area (Å²) in [4.78, 5) is 12.6. The van der Waals surface area contributed by atoms with Crippen molar-refractivity contribution >= 4 is 11.6 Å². The molecule has 0 spiro atoms. The van der Waals surface area contributed by atoms with E-state index in [9.17, 15) is 18.0 Å². The first-order valence-electron chi connectivity index (χ1n) is 8.11. The van der Waals surface area contributed by atoms with Crippen LogP contribution in [0.1, 0.15) is 11.5 Å². The number of aryl methyl sites for hydroxylation is 1. The molecule has 26 heavy (non-hydrogen) atoms. The maximum absolute atomic E-state index is 12.6. The van der Waals surface area contributed by atoms with Crippen LogP contribution in [-0.2, 0) is 11.8 Å². The number of amides is 1. The molecule has 1 aliphatic rings. The molecule has 1 amide bonds. The molecule has 0 unspecified atom stereocenters. The zero-order valence-electron chi connectivity index (χ0n) is 14.1. The van der Waals surface area contributed by atoms with Crippen molar-refractivity contribution in [1.29, 1.82) is 0 Å². The van der Waals surface area contributed by atoms with Gasteiger partial charge in [0.1, 0.15) is 5.75 Å². The molecule has 1 saturated heterocycles. The van der Waals surface area contributed by atoms with Crippen molar-refractivity contribution in [3.05, 3.63) is 42.2 Å². The lowest BCUT2D eigenvalue weighted by Crippen LogP contribution is -2.28. The van der Waals surface area contributed by atoms with Gasteiger partial charge >= 0.3 is 6.18 Å². The highest BCUT2D eigenvalue weighted by molar-refractivity contribution is 5.93. The predicted molar refractivity (Wildman–Crippen MR) is 88.9 cm³/mol. The van der Waals surface area contributed by atoms with E-state index in [2.05, 4.69) is 15.7 Å². The van der Waals surface area contributed by atoms with Gasteiger partial charge in [0, 0.05) is 44.0 Å². The van der Waals surface area contributed by atoms with Gasteiger partial charge in [-0.3, -0.25) is 9.48 Å². The fourth-order valence-corrected chi connectivity index (χ4v) is 3.00. The molecular weight excluding hydrogens is 349 g/mol. The van der Waals surface area contributed by atoms with Crippen LogP contribution in [-0.4, -0.2) is 41.6 Å².